The number of hydrogen-bond donors (Lipinski definition) is 0. The van der Waals surface area contributed by atoms with Crippen molar-refractivity contribution in [3.63, 3.8) is 0 Å². The summed E-state index contributed by atoms with van der Waals surface area (Å²) in [7, 11) is 0. The van der Waals surface area contributed by atoms with Crippen LogP contribution in [0.15, 0.2) is 18.2 Å². The minimum absolute atomic E-state index is 0.899. The van der Waals surface area contributed by atoms with Crippen molar-refractivity contribution in [1.29, 1.82) is 0 Å². The Morgan fingerprint density at radius 2 is 1.59 bits per heavy atom. The lowest BCUT2D eigenvalue weighted by atomic mass is 10.1. The van der Waals surface area contributed by atoms with Crippen molar-refractivity contribution in [3.8, 4) is 0 Å². The Balaban J connectivity index is 1.71. The van der Waals surface area contributed by atoms with E-state index in [4.69, 9.17) is 4.98 Å². The Hall–Kier alpha value is -1.97. The molecule has 4 heteroatoms. The van der Waals surface area contributed by atoms with E-state index in [0.29, 0.717) is 0 Å². The van der Waals surface area contributed by atoms with Gasteiger partial charge in [0.05, 0.1) is 22.8 Å². The average Bonchev–Trinajstić information content (AvgIpc) is 3.04. The van der Waals surface area contributed by atoms with Gasteiger partial charge in [-0.2, -0.15) is 0 Å². The first kappa shape index (κ1) is 14.9. The molecular formula is C18H24N4. The Morgan fingerprint density at radius 1 is 0.864 bits per heavy atom. The molecule has 1 aliphatic heterocycles. The van der Waals surface area contributed by atoms with Gasteiger partial charge >= 0.3 is 0 Å². The number of hydrogen-bond acceptors (Lipinski definition) is 4. The van der Waals surface area contributed by atoms with Crippen LogP contribution in [0.3, 0.4) is 0 Å². The SMILES string of the molecule is Cc1nc(C)c(CCc2cccc(N3CCCC3)n2)nc1C. The van der Waals surface area contributed by atoms with Crippen molar-refractivity contribution in [1.82, 2.24) is 15.0 Å². The number of rotatable bonds is 4. The van der Waals surface area contributed by atoms with E-state index in [2.05, 4.69) is 33.1 Å². The molecule has 0 N–H and O–H groups in total. The molecule has 2 aromatic heterocycles. The highest BCUT2D eigenvalue weighted by molar-refractivity contribution is 5.40. The van der Waals surface area contributed by atoms with Crippen LogP contribution in [0.4, 0.5) is 5.82 Å². The Morgan fingerprint density at radius 3 is 2.36 bits per heavy atom. The van der Waals surface area contributed by atoms with Crippen LogP contribution in [0.25, 0.3) is 0 Å². The first-order chi connectivity index (χ1) is 10.6. The van der Waals surface area contributed by atoms with E-state index in [1.165, 1.54) is 12.8 Å². The molecule has 0 spiro atoms. The van der Waals surface area contributed by atoms with Crippen LogP contribution < -0.4 is 4.90 Å². The van der Waals surface area contributed by atoms with Crippen molar-refractivity contribution >= 4 is 5.82 Å². The largest absolute Gasteiger partial charge is 0.357 e. The molecule has 0 unspecified atom stereocenters. The highest BCUT2D eigenvalue weighted by Crippen LogP contribution is 2.18. The Bertz CT molecular complexity index is 660. The maximum absolute atomic E-state index is 4.82. The van der Waals surface area contributed by atoms with E-state index in [0.717, 1.165) is 60.2 Å². The van der Waals surface area contributed by atoms with E-state index >= 15 is 0 Å². The summed E-state index contributed by atoms with van der Waals surface area (Å²) in [6.07, 6.45) is 4.38. The Labute approximate surface area is 132 Å². The van der Waals surface area contributed by atoms with Crippen molar-refractivity contribution in [2.45, 2.75) is 46.5 Å². The molecule has 2 aromatic rings. The number of pyridine rings is 1. The molecule has 0 amide bonds. The summed E-state index contributed by atoms with van der Waals surface area (Å²) in [6, 6.07) is 6.36. The summed E-state index contributed by atoms with van der Waals surface area (Å²) >= 11 is 0. The van der Waals surface area contributed by atoms with Crippen LogP contribution in [-0.4, -0.2) is 28.0 Å². The molecule has 0 radical (unpaired) electrons. The van der Waals surface area contributed by atoms with Gasteiger partial charge in [0.2, 0.25) is 0 Å². The van der Waals surface area contributed by atoms with Crippen LogP contribution in [0.1, 0.15) is 41.3 Å². The fraction of sp³-hybridized carbons (Fsp3) is 0.500. The first-order valence-corrected chi connectivity index (χ1v) is 8.15. The lowest BCUT2D eigenvalue weighted by molar-refractivity contribution is 0.825. The standard InChI is InChI=1S/C18H24N4/c1-13-14(2)20-17(15(3)19-13)10-9-16-7-6-8-18(21-16)22-11-4-5-12-22/h6-8H,4-5,9-12H2,1-3H3. The number of nitrogens with zero attached hydrogens (tertiary/aromatic N) is 4. The third kappa shape index (κ3) is 3.26. The quantitative estimate of drug-likeness (QED) is 0.869. The molecule has 1 aliphatic rings. The van der Waals surface area contributed by atoms with Crippen LogP contribution in [0.2, 0.25) is 0 Å². The molecule has 0 atom stereocenters. The molecule has 1 fully saturated rings. The predicted octanol–water partition coefficient (Wildman–Crippen LogP) is 3.18. The van der Waals surface area contributed by atoms with Gasteiger partial charge in [-0.1, -0.05) is 6.07 Å². The Kier molecular flexibility index (Phi) is 4.36. The molecule has 0 aromatic carbocycles. The minimum Gasteiger partial charge on any atom is -0.357 e. The number of aromatic nitrogens is 3. The second kappa shape index (κ2) is 6.42. The van der Waals surface area contributed by atoms with Gasteiger partial charge < -0.3 is 4.90 Å². The van der Waals surface area contributed by atoms with E-state index < -0.39 is 0 Å². The topological polar surface area (TPSA) is 41.9 Å². The van der Waals surface area contributed by atoms with Gasteiger partial charge in [0, 0.05) is 18.8 Å². The summed E-state index contributed by atoms with van der Waals surface area (Å²) < 4.78 is 0. The summed E-state index contributed by atoms with van der Waals surface area (Å²) in [5, 5.41) is 0. The van der Waals surface area contributed by atoms with Crippen LogP contribution >= 0.6 is 0 Å². The molecule has 4 nitrogen and oxygen atoms in total. The maximum atomic E-state index is 4.82. The fourth-order valence-corrected chi connectivity index (χ4v) is 2.97. The summed E-state index contributed by atoms with van der Waals surface area (Å²) in [5.41, 5.74) is 5.33. The van der Waals surface area contributed by atoms with E-state index in [1.54, 1.807) is 0 Å². The van der Waals surface area contributed by atoms with Gasteiger partial charge in [0.25, 0.3) is 0 Å². The highest BCUT2D eigenvalue weighted by atomic mass is 15.2. The normalized spacial score (nSPS) is 14.6. The molecule has 116 valence electrons. The fourth-order valence-electron chi connectivity index (χ4n) is 2.97. The highest BCUT2D eigenvalue weighted by Gasteiger charge is 2.13. The molecule has 3 rings (SSSR count). The first-order valence-electron chi connectivity index (χ1n) is 8.15. The number of anilines is 1. The third-order valence-electron chi connectivity index (χ3n) is 4.42. The summed E-state index contributed by atoms with van der Waals surface area (Å²) in [4.78, 5) is 16.5. The smallest absolute Gasteiger partial charge is 0.128 e. The van der Waals surface area contributed by atoms with E-state index in [9.17, 15) is 0 Å². The third-order valence-corrected chi connectivity index (χ3v) is 4.42. The second-order valence-corrected chi connectivity index (χ2v) is 6.11. The van der Waals surface area contributed by atoms with Crippen LogP contribution in [-0.2, 0) is 12.8 Å². The minimum atomic E-state index is 0.899. The molecule has 0 aliphatic carbocycles. The van der Waals surface area contributed by atoms with E-state index in [-0.39, 0.29) is 0 Å². The molecule has 1 saturated heterocycles. The van der Waals surface area contributed by atoms with Crippen molar-refractivity contribution in [2.75, 3.05) is 18.0 Å². The summed E-state index contributed by atoms with van der Waals surface area (Å²) in [6.45, 7) is 8.36. The maximum Gasteiger partial charge on any atom is 0.128 e. The van der Waals surface area contributed by atoms with Crippen LogP contribution in [0.5, 0.6) is 0 Å². The molecular weight excluding hydrogens is 272 g/mol. The second-order valence-electron chi connectivity index (χ2n) is 6.11. The molecule has 22 heavy (non-hydrogen) atoms. The van der Waals surface area contributed by atoms with Gasteiger partial charge in [0.1, 0.15) is 5.82 Å². The summed E-state index contributed by atoms with van der Waals surface area (Å²) in [5.74, 6) is 1.12. The number of aryl methyl sites for hydroxylation is 5. The lowest BCUT2D eigenvalue weighted by Gasteiger charge is -2.17. The molecule has 0 bridgehead atoms. The van der Waals surface area contributed by atoms with Crippen molar-refractivity contribution in [2.24, 2.45) is 0 Å². The van der Waals surface area contributed by atoms with Gasteiger partial charge in [-0.05, 0) is 58.6 Å². The lowest BCUT2D eigenvalue weighted by Crippen LogP contribution is -2.19. The van der Waals surface area contributed by atoms with E-state index in [1.807, 2.05) is 20.8 Å². The van der Waals surface area contributed by atoms with Crippen LogP contribution in [0, 0.1) is 20.8 Å². The van der Waals surface area contributed by atoms with Crippen molar-refractivity contribution in [3.05, 3.63) is 46.7 Å². The van der Waals surface area contributed by atoms with Crippen molar-refractivity contribution < 1.29 is 0 Å². The average molecular weight is 296 g/mol. The van der Waals surface area contributed by atoms with Gasteiger partial charge in [-0.25, -0.2) is 4.98 Å². The molecule has 0 saturated carbocycles. The monoisotopic (exact) mass is 296 g/mol. The van der Waals surface area contributed by atoms with Gasteiger partial charge in [-0.15, -0.1) is 0 Å². The zero-order valence-electron chi connectivity index (χ0n) is 13.8. The van der Waals surface area contributed by atoms with Gasteiger partial charge in [-0.3, -0.25) is 9.97 Å². The molecule has 3 heterocycles. The zero-order chi connectivity index (χ0) is 15.5. The predicted molar refractivity (Wildman–Crippen MR) is 89.3 cm³/mol. The zero-order valence-corrected chi connectivity index (χ0v) is 13.8. The van der Waals surface area contributed by atoms with Gasteiger partial charge in [0.15, 0.2) is 0 Å².